The number of nitrogens with one attached hydrogen (secondary N) is 1. The van der Waals surface area contributed by atoms with Crippen molar-refractivity contribution in [1.29, 1.82) is 0 Å². The van der Waals surface area contributed by atoms with Crippen LogP contribution in [0.3, 0.4) is 0 Å². The zero-order chi connectivity index (χ0) is 12.4. The van der Waals surface area contributed by atoms with E-state index in [-0.39, 0.29) is 5.91 Å². The number of nitrogens with zero attached hydrogens (tertiary/aromatic N) is 2. The Morgan fingerprint density at radius 1 is 1.41 bits per heavy atom. The molecule has 1 amide bonds. The van der Waals surface area contributed by atoms with E-state index in [0.29, 0.717) is 12.5 Å². The van der Waals surface area contributed by atoms with Gasteiger partial charge in [0.2, 0.25) is 5.91 Å². The number of rotatable bonds is 2. The van der Waals surface area contributed by atoms with E-state index in [2.05, 4.69) is 24.1 Å². The number of amides is 1. The van der Waals surface area contributed by atoms with Crippen LogP contribution >= 0.6 is 0 Å². The van der Waals surface area contributed by atoms with Gasteiger partial charge in [0.1, 0.15) is 0 Å². The SMILES string of the molecule is Cc1nc(C(C)C)ccc1N1CCNCC1=O. The number of hydrogen-bond acceptors (Lipinski definition) is 3. The molecule has 1 fully saturated rings. The fraction of sp³-hybridized carbons (Fsp3) is 0.538. The predicted octanol–water partition coefficient (Wildman–Crippen LogP) is 1.45. The molecule has 17 heavy (non-hydrogen) atoms. The molecule has 1 aliphatic rings. The van der Waals surface area contributed by atoms with Crippen LogP contribution in [0.25, 0.3) is 0 Å². The van der Waals surface area contributed by atoms with Gasteiger partial charge in [-0.1, -0.05) is 13.8 Å². The fourth-order valence-electron chi connectivity index (χ4n) is 2.04. The Kier molecular flexibility index (Phi) is 3.43. The van der Waals surface area contributed by atoms with Crippen LogP contribution < -0.4 is 10.2 Å². The summed E-state index contributed by atoms with van der Waals surface area (Å²) in [7, 11) is 0. The summed E-state index contributed by atoms with van der Waals surface area (Å²) in [4.78, 5) is 18.2. The van der Waals surface area contributed by atoms with Crippen molar-refractivity contribution in [3.8, 4) is 0 Å². The van der Waals surface area contributed by atoms with Crippen LogP contribution in [-0.2, 0) is 4.79 Å². The lowest BCUT2D eigenvalue weighted by Crippen LogP contribution is -2.48. The summed E-state index contributed by atoms with van der Waals surface area (Å²) in [6.45, 7) is 8.20. The Labute approximate surface area is 102 Å². The minimum absolute atomic E-state index is 0.124. The van der Waals surface area contributed by atoms with Gasteiger partial charge in [0.05, 0.1) is 17.9 Å². The Bertz CT molecular complexity index is 429. The van der Waals surface area contributed by atoms with Crippen LogP contribution in [0.5, 0.6) is 0 Å². The van der Waals surface area contributed by atoms with Crippen LogP contribution in [0.1, 0.15) is 31.2 Å². The smallest absolute Gasteiger partial charge is 0.241 e. The van der Waals surface area contributed by atoms with Crippen LogP contribution in [0.2, 0.25) is 0 Å². The van der Waals surface area contributed by atoms with Gasteiger partial charge in [-0.25, -0.2) is 0 Å². The number of carbonyl (C=O) groups excluding carboxylic acids is 1. The molecule has 0 bridgehead atoms. The van der Waals surface area contributed by atoms with Crippen LogP contribution in [0, 0.1) is 6.92 Å². The summed E-state index contributed by atoms with van der Waals surface area (Å²) in [5.41, 5.74) is 2.96. The average Bonchev–Trinajstić information content (AvgIpc) is 2.30. The molecule has 0 aromatic carbocycles. The standard InChI is InChI=1S/C13H19N3O/c1-9(2)11-4-5-12(10(3)15-11)16-7-6-14-8-13(16)17/h4-5,9,14H,6-8H2,1-3H3. The fourth-order valence-corrected chi connectivity index (χ4v) is 2.04. The lowest BCUT2D eigenvalue weighted by Gasteiger charge is -2.28. The maximum Gasteiger partial charge on any atom is 0.241 e. The Morgan fingerprint density at radius 2 is 2.18 bits per heavy atom. The number of anilines is 1. The summed E-state index contributed by atoms with van der Waals surface area (Å²) >= 11 is 0. The van der Waals surface area contributed by atoms with Crippen molar-refractivity contribution in [3.05, 3.63) is 23.5 Å². The van der Waals surface area contributed by atoms with Crippen molar-refractivity contribution >= 4 is 11.6 Å². The van der Waals surface area contributed by atoms with Crippen molar-refractivity contribution in [2.75, 3.05) is 24.5 Å². The van der Waals surface area contributed by atoms with E-state index in [1.807, 2.05) is 24.0 Å². The highest BCUT2D eigenvalue weighted by molar-refractivity contribution is 5.96. The zero-order valence-electron chi connectivity index (χ0n) is 10.7. The maximum absolute atomic E-state index is 11.8. The molecule has 1 aromatic rings. The van der Waals surface area contributed by atoms with E-state index in [4.69, 9.17) is 0 Å². The number of aromatic nitrogens is 1. The second kappa shape index (κ2) is 4.84. The molecule has 0 aliphatic carbocycles. The topological polar surface area (TPSA) is 45.2 Å². The van der Waals surface area contributed by atoms with E-state index in [1.165, 1.54) is 0 Å². The molecule has 0 saturated carbocycles. The van der Waals surface area contributed by atoms with Gasteiger partial charge in [0, 0.05) is 18.8 Å². The van der Waals surface area contributed by atoms with Gasteiger partial charge in [-0.15, -0.1) is 0 Å². The number of carbonyl (C=O) groups is 1. The summed E-state index contributed by atoms with van der Waals surface area (Å²) < 4.78 is 0. The molecule has 0 atom stereocenters. The largest absolute Gasteiger partial charge is 0.308 e. The third kappa shape index (κ3) is 2.47. The van der Waals surface area contributed by atoms with Crippen molar-refractivity contribution in [1.82, 2.24) is 10.3 Å². The Morgan fingerprint density at radius 3 is 2.76 bits per heavy atom. The number of pyridine rings is 1. The molecule has 4 nitrogen and oxygen atoms in total. The van der Waals surface area contributed by atoms with Gasteiger partial charge in [0.15, 0.2) is 0 Å². The highest BCUT2D eigenvalue weighted by Gasteiger charge is 2.21. The van der Waals surface area contributed by atoms with Gasteiger partial charge < -0.3 is 10.2 Å². The van der Waals surface area contributed by atoms with Crippen molar-refractivity contribution in [3.63, 3.8) is 0 Å². The van der Waals surface area contributed by atoms with E-state index >= 15 is 0 Å². The minimum atomic E-state index is 0.124. The van der Waals surface area contributed by atoms with Crippen LogP contribution in [0.15, 0.2) is 12.1 Å². The summed E-state index contributed by atoms with van der Waals surface area (Å²) in [6.07, 6.45) is 0. The minimum Gasteiger partial charge on any atom is -0.308 e. The number of hydrogen-bond donors (Lipinski definition) is 1. The predicted molar refractivity (Wildman–Crippen MR) is 68.3 cm³/mol. The molecule has 0 unspecified atom stereocenters. The molecule has 0 radical (unpaired) electrons. The van der Waals surface area contributed by atoms with E-state index in [9.17, 15) is 4.79 Å². The van der Waals surface area contributed by atoms with E-state index < -0.39 is 0 Å². The monoisotopic (exact) mass is 233 g/mol. The molecule has 1 aliphatic heterocycles. The summed E-state index contributed by atoms with van der Waals surface area (Å²) in [5, 5.41) is 3.07. The maximum atomic E-state index is 11.8. The van der Waals surface area contributed by atoms with E-state index in [0.717, 1.165) is 30.2 Å². The second-order valence-corrected chi connectivity index (χ2v) is 4.72. The molecule has 2 heterocycles. The normalized spacial score (nSPS) is 16.7. The van der Waals surface area contributed by atoms with Gasteiger partial charge in [-0.3, -0.25) is 9.78 Å². The first-order valence-electron chi connectivity index (χ1n) is 6.08. The first-order chi connectivity index (χ1) is 8.09. The Balaban J connectivity index is 2.29. The molecule has 1 N–H and O–H groups in total. The third-order valence-corrected chi connectivity index (χ3v) is 3.05. The molecule has 1 aromatic heterocycles. The quantitative estimate of drug-likeness (QED) is 0.841. The van der Waals surface area contributed by atoms with Gasteiger partial charge >= 0.3 is 0 Å². The molecule has 4 heteroatoms. The average molecular weight is 233 g/mol. The van der Waals surface area contributed by atoms with Gasteiger partial charge in [0.25, 0.3) is 0 Å². The number of aryl methyl sites for hydroxylation is 1. The first-order valence-corrected chi connectivity index (χ1v) is 6.08. The molecular weight excluding hydrogens is 214 g/mol. The van der Waals surface area contributed by atoms with Gasteiger partial charge in [-0.05, 0) is 25.0 Å². The first kappa shape index (κ1) is 12.0. The molecule has 2 rings (SSSR count). The third-order valence-electron chi connectivity index (χ3n) is 3.05. The van der Waals surface area contributed by atoms with E-state index in [1.54, 1.807) is 0 Å². The van der Waals surface area contributed by atoms with Crippen molar-refractivity contribution < 1.29 is 4.79 Å². The van der Waals surface area contributed by atoms with Gasteiger partial charge in [-0.2, -0.15) is 0 Å². The molecular formula is C13H19N3O. The summed E-state index contributed by atoms with van der Waals surface area (Å²) in [5.74, 6) is 0.542. The highest BCUT2D eigenvalue weighted by atomic mass is 16.2. The second-order valence-electron chi connectivity index (χ2n) is 4.72. The van der Waals surface area contributed by atoms with Crippen molar-refractivity contribution in [2.45, 2.75) is 26.7 Å². The Hall–Kier alpha value is -1.42. The lowest BCUT2D eigenvalue weighted by atomic mass is 10.1. The molecule has 0 spiro atoms. The van der Waals surface area contributed by atoms with Crippen molar-refractivity contribution in [2.24, 2.45) is 0 Å². The summed E-state index contributed by atoms with van der Waals surface area (Å²) in [6, 6.07) is 4.03. The van der Waals surface area contributed by atoms with Crippen LogP contribution in [0.4, 0.5) is 5.69 Å². The van der Waals surface area contributed by atoms with Crippen LogP contribution in [-0.4, -0.2) is 30.5 Å². The zero-order valence-corrected chi connectivity index (χ0v) is 10.7. The molecule has 92 valence electrons. The number of piperazine rings is 1. The lowest BCUT2D eigenvalue weighted by molar-refractivity contribution is -0.118. The highest BCUT2D eigenvalue weighted by Crippen LogP contribution is 2.22. The molecule has 1 saturated heterocycles.